The summed E-state index contributed by atoms with van der Waals surface area (Å²) in [7, 11) is 0. The molecule has 1 aliphatic rings. The number of rotatable bonds is 4. The Hall–Kier alpha value is -1.94. The number of amides is 1. The molecule has 0 bridgehead atoms. The first-order valence-electron chi connectivity index (χ1n) is 6.39. The molecule has 1 aromatic rings. The van der Waals surface area contributed by atoms with Crippen LogP contribution in [0.3, 0.4) is 0 Å². The number of carbonyl (C=O) groups excluding carboxylic acids is 1. The van der Waals surface area contributed by atoms with Crippen molar-refractivity contribution in [1.82, 2.24) is 5.32 Å². The number of aliphatic hydroxyl groups is 1. The van der Waals surface area contributed by atoms with Crippen LogP contribution in [0.1, 0.15) is 18.9 Å². The number of aryl methyl sites for hydroxylation is 1. The minimum Gasteiger partial charge on any atom is -0.388 e. The van der Waals surface area contributed by atoms with Crippen molar-refractivity contribution in [2.24, 2.45) is 5.92 Å². The lowest BCUT2D eigenvalue weighted by molar-refractivity contribution is -0.119. The summed E-state index contributed by atoms with van der Waals surface area (Å²) in [5, 5.41) is 21.1. The largest absolute Gasteiger partial charge is 0.388 e. The Kier molecular flexibility index (Phi) is 4.12. The molecule has 19 heavy (non-hydrogen) atoms. The van der Waals surface area contributed by atoms with Gasteiger partial charge in [-0.1, -0.05) is 31.2 Å². The van der Waals surface area contributed by atoms with Crippen molar-refractivity contribution < 1.29 is 9.90 Å². The molecule has 100 valence electrons. The molecule has 2 unspecified atom stereocenters. The highest BCUT2D eigenvalue weighted by Gasteiger charge is 2.12. The molecule has 3 N–H and O–H groups in total. The van der Waals surface area contributed by atoms with Gasteiger partial charge in [0.2, 0.25) is 5.91 Å². The molecule has 1 aliphatic carbocycles. The Balaban J connectivity index is 2.16. The predicted molar refractivity (Wildman–Crippen MR) is 75.0 cm³/mol. The van der Waals surface area contributed by atoms with Crippen molar-refractivity contribution in [2.75, 3.05) is 0 Å². The maximum atomic E-state index is 11.3. The molecule has 0 aliphatic heterocycles. The highest BCUT2D eigenvalue weighted by atomic mass is 16.3. The van der Waals surface area contributed by atoms with Crippen LogP contribution in [0.5, 0.6) is 0 Å². The van der Waals surface area contributed by atoms with Crippen molar-refractivity contribution >= 4 is 24.4 Å². The van der Waals surface area contributed by atoms with Gasteiger partial charge in [0.1, 0.15) is 0 Å². The zero-order valence-electron chi connectivity index (χ0n) is 10.9. The van der Waals surface area contributed by atoms with Crippen molar-refractivity contribution in [3.8, 4) is 0 Å². The molecule has 4 heteroatoms. The van der Waals surface area contributed by atoms with Gasteiger partial charge in [-0.15, -0.1) is 0 Å². The zero-order chi connectivity index (χ0) is 13.8. The molecule has 2 rings (SSSR count). The van der Waals surface area contributed by atoms with Gasteiger partial charge < -0.3 is 10.4 Å². The summed E-state index contributed by atoms with van der Waals surface area (Å²) in [5.74, 6) is -0.0315. The molecule has 0 spiro atoms. The Morgan fingerprint density at radius 3 is 2.95 bits per heavy atom. The molecule has 0 aromatic heterocycles. The zero-order valence-corrected chi connectivity index (χ0v) is 10.9. The van der Waals surface area contributed by atoms with E-state index in [0.29, 0.717) is 12.8 Å². The second kappa shape index (κ2) is 5.80. The maximum absolute atomic E-state index is 11.3. The number of fused-ring (bicyclic) bond motifs is 1. The second-order valence-electron chi connectivity index (χ2n) is 4.86. The van der Waals surface area contributed by atoms with Crippen LogP contribution in [0.15, 0.2) is 18.2 Å². The number of benzene rings is 1. The third-order valence-electron chi connectivity index (χ3n) is 3.36. The SMILES string of the molecule is CC1C=c2cc(CCC(=O)NC=N)ccc2=CC1O. The van der Waals surface area contributed by atoms with Crippen LogP contribution in [0.4, 0.5) is 0 Å². The van der Waals surface area contributed by atoms with E-state index in [0.717, 1.165) is 22.3 Å². The topological polar surface area (TPSA) is 73.2 Å². The Morgan fingerprint density at radius 1 is 1.42 bits per heavy atom. The standard InChI is InChI=1S/C15H18N2O2/c1-10-6-13-7-11(3-5-15(19)17-9-16)2-4-12(13)8-14(10)18/h2,4,6-10,14,18H,3,5H2,1H3,(H2,16,17,19). The summed E-state index contributed by atoms with van der Waals surface area (Å²) in [5.41, 5.74) is 1.09. The van der Waals surface area contributed by atoms with Gasteiger partial charge in [-0.2, -0.15) is 0 Å². The van der Waals surface area contributed by atoms with E-state index < -0.39 is 6.10 Å². The molecule has 0 saturated heterocycles. The first-order chi connectivity index (χ1) is 9.10. The van der Waals surface area contributed by atoms with E-state index in [4.69, 9.17) is 5.41 Å². The van der Waals surface area contributed by atoms with E-state index in [1.54, 1.807) is 0 Å². The average molecular weight is 258 g/mol. The van der Waals surface area contributed by atoms with Crippen LogP contribution in [0, 0.1) is 11.3 Å². The average Bonchev–Trinajstić information content (AvgIpc) is 2.38. The fourth-order valence-corrected chi connectivity index (χ4v) is 2.20. The lowest BCUT2D eigenvalue weighted by Crippen LogP contribution is -2.34. The normalized spacial score (nSPS) is 20.7. The molecule has 0 fully saturated rings. The minimum absolute atomic E-state index is 0.115. The summed E-state index contributed by atoms with van der Waals surface area (Å²) in [6.07, 6.45) is 5.43. The van der Waals surface area contributed by atoms with Gasteiger partial charge >= 0.3 is 0 Å². The summed E-state index contributed by atoms with van der Waals surface area (Å²) >= 11 is 0. The molecule has 0 saturated carbocycles. The highest BCUT2D eigenvalue weighted by Crippen LogP contribution is 2.08. The van der Waals surface area contributed by atoms with E-state index in [1.165, 1.54) is 0 Å². The lowest BCUT2D eigenvalue weighted by atomic mass is 9.95. The Labute approximate surface area is 112 Å². The second-order valence-corrected chi connectivity index (χ2v) is 4.86. The van der Waals surface area contributed by atoms with Crippen molar-refractivity contribution in [2.45, 2.75) is 25.9 Å². The van der Waals surface area contributed by atoms with Crippen molar-refractivity contribution in [1.29, 1.82) is 5.41 Å². The van der Waals surface area contributed by atoms with Crippen LogP contribution >= 0.6 is 0 Å². The number of nitrogens with one attached hydrogen (secondary N) is 2. The quantitative estimate of drug-likeness (QED) is 0.522. The van der Waals surface area contributed by atoms with Crippen molar-refractivity contribution in [3.63, 3.8) is 0 Å². The van der Waals surface area contributed by atoms with E-state index >= 15 is 0 Å². The van der Waals surface area contributed by atoms with Gasteiger partial charge in [0.25, 0.3) is 0 Å². The van der Waals surface area contributed by atoms with Crippen LogP contribution in [0.2, 0.25) is 0 Å². The Morgan fingerprint density at radius 2 is 2.21 bits per heavy atom. The van der Waals surface area contributed by atoms with E-state index in [9.17, 15) is 9.90 Å². The molecule has 4 nitrogen and oxygen atoms in total. The van der Waals surface area contributed by atoms with Gasteiger partial charge in [-0.25, -0.2) is 0 Å². The molecule has 2 atom stereocenters. The van der Waals surface area contributed by atoms with Crippen LogP contribution in [-0.4, -0.2) is 23.5 Å². The van der Waals surface area contributed by atoms with E-state index in [1.807, 2.05) is 25.1 Å². The van der Waals surface area contributed by atoms with E-state index in [2.05, 4.69) is 17.5 Å². The Bertz CT molecular complexity index is 607. The number of carbonyl (C=O) groups is 1. The van der Waals surface area contributed by atoms with Gasteiger partial charge in [0.05, 0.1) is 12.4 Å². The molecule has 0 radical (unpaired) electrons. The van der Waals surface area contributed by atoms with E-state index in [-0.39, 0.29) is 11.8 Å². The summed E-state index contributed by atoms with van der Waals surface area (Å²) in [4.78, 5) is 11.3. The minimum atomic E-state index is -0.420. The van der Waals surface area contributed by atoms with Gasteiger partial charge in [-0.3, -0.25) is 10.2 Å². The lowest BCUT2D eigenvalue weighted by Gasteiger charge is -2.15. The first kappa shape index (κ1) is 13.5. The maximum Gasteiger partial charge on any atom is 0.225 e. The van der Waals surface area contributed by atoms with Gasteiger partial charge in [-0.05, 0) is 28.5 Å². The summed E-state index contributed by atoms with van der Waals surface area (Å²) in [6.45, 7) is 1.98. The van der Waals surface area contributed by atoms with Crippen molar-refractivity contribution in [3.05, 3.63) is 34.2 Å². The molecular formula is C15H18N2O2. The number of hydrogen-bond acceptors (Lipinski definition) is 3. The molecular weight excluding hydrogens is 240 g/mol. The molecule has 1 amide bonds. The predicted octanol–water partition coefficient (Wildman–Crippen LogP) is -0.0859. The summed E-state index contributed by atoms with van der Waals surface area (Å²) in [6, 6.07) is 6.01. The third-order valence-corrected chi connectivity index (χ3v) is 3.36. The van der Waals surface area contributed by atoms with Gasteiger partial charge in [0.15, 0.2) is 0 Å². The van der Waals surface area contributed by atoms with Crippen LogP contribution < -0.4 is 15.8 Å². The fraction of sp³-hybridized carbons (Fsp3) is 0.333. The van der Waals surface area contributed by atoms with Crippen LogP contribution in [-0.2, 0) is 11.2 Å². The third kappa shape index (κ3) is 3.29. The molecule has 1 aromatic carbocycles. The first-order valence-corrected chi connectivity index (χ1v) is 6.39. The van der Waals surface area contributed by atoms with Crippen LogP contribution in [0.25, 0.3) is 12.2 Å². The molecule has 0 heterocycles. The number of hydrogen-bond donors (Lipinski definition) is 3. The number of aliphatic hydroxyl groups excluding tert-OH is 1. The summed E-state index contributed by atoms with van der Waals surface area (Å²) < 4.78 is 0. The monoisotopic (exact) mass is 258 g/mol. The smallest absolute Gasteiger partial charge is 0.225 e. The van der Waals surface area contributed by atoms with Gasteiger partial charge in [0, 0.05) is 12.3 Å². The fourth-order valence-electron chi connectivity index (χ4n) is 2.20. The highest BCUT2D eigenvalue weighted by molar-refractivity contribution is 5.86.